The molecule has 2 saturated heterocycles. The molecule has 2 unspecified atom stereocenters. The average Bonchev–Trinajstić information content (AvgIpc) is 3.17. The van der Waals surface area contributed by atoms with Crippen LogP contribution in [0.25, 0.3) is 0 Å². The zero-order valence-electron chi connectivity index (χ0n) is 20.9. The van der Waals surface area contributed by atoms with Crippen LogP contribution in [0.1, 0.15) is 41.2 Å². The number of carbonyl (C=O) groups excluding carboxylic acids is 2. The number of aryl methyl sites for hydroxylation is 2. The van der Waals surface area contributed by atoms with E-state index in [4.69, 9.17) is 14.5 Å². The largest absolute Gasteiger partial charge is 0.465 e. The van der Waals surface area contributed by atoms with Gasteiger partial charge in [0.15, 0.2) is 11.7 Å². The number of benzene rings is 3. The summed E-state index contributed by atoms with van der Waals surface area (Å²) in [7, 11) is 0. The normalized spacial score (nSPS) is 22.8. The van der Waals surface area contributed by atoms with Gasteiger partial charge < -0.3 is 9.64 Å². The first-order valence-corrected chi connectivity index (χ1v) is 12.4. The number of likely N-dealkylation sites (tertiary alicyclic amines) is 1. The minimum atomic E-state index is -1.23. The van der Waals surface area contributed by atoms with Gasteiger partial charge in [-0.3, -0.25) is 9.59 Å². The molecular formula is C30H31NO5. The van der Waals surface area contributed by atoms with Crippen LogP contribution in [0.2, 0.25) is 0 Å². The Bertz CT molecular complexity index is 1190. The number of ether oxygens (including phenoxy) is 1. The van der Waals surface area contributed by atoms with E-state index in [9.17, 15) is 9.59 Å². The van der Waals surface area contributed by atoms with Crippen molar-refractivity contribution in [1.29, 1.82) is 0 Å². The summed E-state index contributed by atoms with van der Waals surface area (Å²) >= 11 is 0. The van der Waals surface area contributed by atoms with Gasteiger partial charge in [0.05, 0.1) is 6.61 Å². The maximum atomic E-state index is 13.7. The number of hydrogen-bond acceptors (Lipinski definition) is 5. The maximum Gasteiger partial charge on any atom is 0.317 e. The fourth-order valence-corrected chi connectivity index (χ4v) is 5.36. The summed E-state index contributed by atoms with van der Waals surface area (Å²) < 4.78 is 5.58. The van der Waals surface area contributed by atoms with Gasteiger partial charge >= 0.3 is 5.97 Å². The number of rotatable bonds is 6. The Labute approximate surface area is 211 Å². The lowest BCUT2D eigenvalue weighted by Gasteiger charge is -2.45. The molecule has 2 heterocycles. The second-order valence-corrected chi connectivity index (χ2v) is 9.85. The van der Waals surface area contributed by atoms with E-state index in [1.165, 1.54) is 0 Å². The second kappa shape index (κ2) is 9.52. The molecule has 1 amide bonds. The van der Waals surface area contributed by atoms with Crippen molar-refractivity contribution in [3.05, 3.63) is 107 Å². The molecular weight excluding hydrogens is 454 g/mol. The first kappa shape index (κ1) is 24.2. The summed E-state index contributed by atoms with van der Waals surface area (Å²) in [5.74, 6) is -0.709. The molecule has 0 aliphatic carbocycles. The number of esters is 1. The number of amides is 1. The van der Waals surface area contributed by atoms with Gasteiger partial charge in [0.1, 0.15) is 5.41 Å². The molecule has 5 rings (SSSR count). The molecule has 0 bridgehead atoms. The average molecular weight is 486 g/mol. The summed E-state index contributed by atoms with van der Waals surface area (Å²) in [5, 5.41) is 0. The predicted molar refractivity (Wildman–Crippen MR) is 135 cm³/mol. The van der Waals surface area contributed by atoms with Gasteiger partial charge in [-0.05, 0) is 37.5 Å². The molecule has 6 nitrogen and oxygen atoms in total. The SMILES string of the molecule is CCOC(=O)C12CN(Cc3ccccc3)C(=O)C1OOC(c1ccc(C)cc1)(c1ccc(C)cc1)C2. The van der Waals surface area contributed by atoms with Crippen LogP contribution in [-0.2, 0) is 36.2 Å². The van der Waals surface area contributed by atoms with Crippen molar-refractivity contribution in [3.63, 3.8) is 0 Å². The molecule has 0 spiro atoms. The van der Waals surface area contributed by atoms with Crippen LogP contribution < -0.4 is 0 Å². The van der Waals surface area contributed by atoms with Crippen molar-refractivity contribution in [3.8, 4) is 0 Å². The van der Waals surface area contributed by atoms with Gasteiger partial charge in [-0.25, -0.2) is 9.78 Å². The third-order valence-electron chi connectivity index (χ3n) is 7.30. The number of fused-ring (bicyclic) bond motifs is 1. The highest BCUT2D eigenvalue weighted by molar-refractivity contribution is 5.94. The van der Waals surface area contributed by atoms with Crippen LogP contribution in [0.15, 0.2) is 78.9 Å². The van der Waals surface area contributed by atoms with E-state index >= 15 is 0 Å². The quantitative estimate of drug-likeness (QED) is 0.369. The van der Waals surface area contributed by atoms with Crippen molar-refractivity contribution >= 4 is 11.9 Å². The first-order chi connectivity index (χ1) is 17.4. The molecule has 2 aliphatic heterocycles. The summed E-state index contributed by atoms with van der Waals surface area (Å²) in [6.07, 6.45) is -0.864. The van der Waals surface area contributed by atoms with Crippen molar-refractivity contribution < 1.29 is 24.1 Å². The van der Waals surface area contributed by atoms with Crippen molar-refractivity contribution in [2.45, 2.75) is 45.4 Å². The molecule has 36 heavy (non-hydrogen) atoms. The Kier molecular flexibility index (Phi) is 6.41. The van der Waals surface area contributed by atoms with Gasteiger partial charge in [0.25, 0.3) is 5.91 Å². The first-order valence-electron chi connectivity index (χ1n) is 12.4. The molecule has 0 N–H and O–H groups in total. The van der Waals surface area contributed by atoms with Gasteiger partial charge in [-0.2, -0.15) is 0 Å². The fraction of sp³-hybridized carbons (Fsp3) is 0.333. The zero-order chi connectivity index (χ0) is 25.3. The van der Waals surface area contributed by atoms with Crippen LogP contribution in [0.3, 0.4) is 0 Å². The van der Waals surface area contributed by atoms with Crippen LogP contribution in [0.4, 0.5) is 0 Å². The lowest BCUT2D eigenvalue weighted by Crippen LogP contribution is -2.55. The molecule has 6 heteroatoms. The molecule has 0 aromatic heterocycles. The third-order valence-corrected chi connectivity index (χ3v) is 7.30. The lowest BCUT2D eigenvalue weighted by atomic mass is 9.69. The smallest absolute Gasteiger partial charge is 0.317 e. The topological polar surface area (TPSA) is 65.1 Å². The molecule has 3 aromatic carbocycles. The van der Waals surface area contributed by atoms with Gasteiger partial charge in [0, 0.05) is 19.5 Å². The number of carbonyl (C=O) groups is 2. The highest BCUT2D eigenvalue weighted by Crippen LogP contribution is 2.53. The monoisotopic (exact) mass is 485 g/mol. The zero-order valence-corrected chi connectivity index (χ0v) is 20.9. The van der Waals surface area contributed by atoms with Crippen molar-refractivity contribution in [2.75, 3.05) is 13.2 Å². The van der Waals surface area contributed by atoms with Crippen LogP contribution in [0, 0.1) is 19.3 Å². The van der Waals surface area contributed by atoms with Gasteiger partial charge in [-0.1, -0.05) is 90.0 Å². The van der Waals surface area contributed by atoms with Gasteiger partial charge in [-0.15, -0.1) is 0 Å². The third kappa shape index (κ3) is 4.10. The van der Waals surface area contributed by atoms with Gasteiger partial charge in [0.2, 0.25) is 0 Å². The molecule has 2 fully saturated rings. The number of hydrogen-bond donors (Lipinski definition) is 0. The Hall–Kier alpha value is -3.48. The van der Waals surface area contributed by atoms with E-state index in [-0.39, 0.29) is 25.5 Å². The maximum absolute atomic E-state index is 13.7. The van der Waals surface area contributed by atoms with E-state index in [0.717, 1.165) is 27.8 Å². The van der Waals surface area contributed by atoms with E-state index in [1.807, 2.05) is 92.7 Å². The molecule has 0 radical (unpaired) electrons. The minimum absolute atomic E-state index is 0.188. The molecule has 2 atom stereocenters. The standard InChI is InChI=1S/C30H31NO5/c1-4-34-28(33)29-19-30(24-14-10-21(2)11-15-24,25-16-12-22(3)13-17-25)36-35-26(29)27(32)31(20-29)18-23-8-6-5-7-9-23/h5-17,26H,4,18-20H2,1-3H3. The van der Waals surface area contributed by atoms with Crippen molar-refractivity contribution in [1.82, 2.24) is 4.90 Å². The second-order valence-electron chi connectivity index (χ2n) is 9.85. The predicted octanol–water partition coefficient (Wildman–Crippen LogP) is 4.86. The minimum Gasteiger partial charge on any atom is -0.465 e. The van der Waals surface area contributed by atoms with Crippen LogP contribution in [0.5, 0.6) is 0 Å². The molecule has 2 aliphatic rings. The molecule has 3 aromatic rings. The van der Waals surface area contributed by atoms with Crippen LogP contribution >= 0.6 is 0 Å². The Morgan fingerprint density at radius 2 is 1.53 bits per heavy atom. The summed E-state index contributed by atoms with van der Waals surface area (Å²) in [4.78, 5) is 41.0. The van der Waals surface area contributed by atoms with E-state index in [2.05, 4.69) is 0 Å². The summed E-state index contributed by atoms with van der Waals surface area (Å²) in [5.41, 5.74) is 2.59. The Morgan fingerprint density at radius 3 is 2.08 bits per heavy atom. The lowest BCUT2D eigenvalue weighted by molar-refractivity contribution is -0.413. The van der Waals surface area contributed by atoms with Crippen molar-refractivity contribution in [2.24, 2.45) is 5.41 Å². The Balaban J connectivity index is 1.61. The highest BCUT2D eigenvalue weighted by atomic mass is 17.2. The van der Waals surface area contributed by atoms with E-state index < -0.39 is 23.1 Å². The number of nitrogens with zero attached hydrogens (tertiary/aromatic N) is 1. The van der Waals surface area contributed by atoms with E-state index in [1.54, 1.807) is 11.8 Å². The summed E-state index contributed by atoms with van der Waals surface area (Å²) in [6, 6.07) is 25.8. The fourth-order valence-electron chi connectivity index (χ4n) is 5.36. The molecule has 186 valence electrons. The summed E-state index contributed by atoms with van der Waals surface area (Å²) in [6.45, 7) is 6.59. The highest BCUT2D eigenvalue weighted by Gasteiger charge is 2.66. The van der Waals surface area contributed by atoms with E-state index in [0.29, 0.717) is 6.54 Å². The molecule has 0 saturated carbocycles. The van der Waals surface area contributed by atoms with Crippen LogP contribution in [-0.4, -0.2) is 36.0 Å². The Morgan fingerprint density at radius 1 is 0.944 bits per heavy atom.